The summed E-state index contributed by atoms with van der Waals surface area (Å²) in [7, 11) is 1.07. The molecule has 222 valence electrons. The Bertz CT molecular complexity index is 1050. The zero-order chi connectivity index (χ0) is 29.8. The molecule has 4 atom stereocenters. The van der Waals surface area contributed by atoms with Gasteiger partial charge in [-0.2, -0.15) is 0 Å². The fraction of sp³-hybridized carbons (Fsp3) is 0.593. The molecular formula is C27H37F2N3O8. The number of likely N-dealkylation sites (tertiary alicyclic amines) is 1. The predicted octanol–water partition coefficient (Wildman–Crippen LogP) is 2.39. The molecule has 1 aliphatic heterocycles. The highest BCUT2D eigenvalue weighted by molar-refractivity contribution is 5.90. The molecule has 1 aliphatic rings. The van der Waals surface area contributed by atoms with E-state index in [1.807, 2.05) is 6.92 Å². The number of hydrogen-bond acceptors (Lipinski definition) is 8. The Morgan fingerprint density at radius 3 is 2.35 bits per heavy atom. The van der Waals surface area contributed by atoms with Crippen LogP contribution >= 0.6 is 0 Å². The van der Waals surface area contributed by atoms with Crippen LogP contribution in [-0.4, -0.2) is 79.2 Å². The second-order valence-corrected chi connectivity index (χ2v) is 9.54. The van der Waals surface area contributed by atoms with Gasteiger partial charge >= 0.3 is 18.0 Å². The molecule has 13 heteroatoms. The Hall–Kier alpha value is -3.77. The fourth-order valence-corrected chi connectivity index (χ4v) is 4.34. The first-order valence-electron chi connectivity index (χ1n) is 13.2. The summed E-state index contributed by atoms with van der Waals surface area (Å²) in [6, 6.07) is -1.08. The highest BCUT2D eigenvalue weighted by Crippen LogP contribution is 2.20. The molecular weight excluding hydrogens is 532 g/mol. The fourth-order valence-electron chi connectivity index (χ4n) is 4.34. The van der Waals surface area contributed by atoms with Crippen LogP contribution in [0, 0.1) is 11.6 Å². The number of benzene rings is 1. The van der Waals surface area contributed by atoms with Crippen LogP contribution in [0.2, 0.25) is 0 Å². The van der Waals surface area contributed by atoms with E-state index >= 15 is 0 Å². The average molecular weight is 570 g/mol. The lowest BCUT2D eigenvalue weighted by Crippen LogP contribution is -2.56. The third kappa shape index (κ3) is 9.76. The number of ether oxygens (including phenoxy) is 3. The standard InChI is InChI=1S/C27H37F2N3O8/c1-5-6-7-11-39-27(37)30-21(14-18-12-19(28)15-20(29)13-18)24(34)31-23(26(36)38-4)16(2)40-25(35)22-9-8-10-32(22)17(3)33/h12-13,15-16,21-23H,5-11,14H2,1-4H3,(H,30,37)(H,31,34)/t16-,21+,22?,23+/m1/s1. The van der Waals surface area contributed by atoms with Gasteiger partial charge < -0.3 is 29.7 Å². The molecule has 1 fully saturated rings. The topological polar surface area (TPSA) is 140 Å². The first-order valence-corrected chi connectivity index (χ1v) is 13.2. The SMILES string of the molecule is CCCCCOC(=O)N[C@@H](Cc1cc(F)cc(F)c1)C(=O)N[C@H](C(=O)OC)[C@@H](C)OC(=O)C1CCCN1C(C)=O. The van der Waals surface area contributed by atoms with Crippen LogP contribution in [0.4, 0.5) is 13.6 Å². The molecule has 1 unspecified atom stereocenters. The van der Waals surface area contributed by atoms with Crippen molar-refractivity contribution in [2.24, 2.45) is 0 Å². The molecule has 0 aromatic heterocycles. The van der Waals surface area contributed by atoms with Crippen LogP contribution < -0.4 is 10.6 Å². The van der Waals surface area contributed by atoms with Crippen molar-refractivity contribution in [3.63, 3.8) is 0 Å². The smallest absolute Gasteiger partial charge is 0.407 e. The minimum atomic E-state index is -1.50. The molecule has 3 amide bonds. The number of nitrogens with zero attached hydrogens (tertiary/aromatic N) is 1. The molecule has 11 nitrogen and oxygen atoms in total. The summed E-state index contributed by atoms with van der Waals surface area (Å²) in [4.78, 5) is 64.2. The summed E-state index contributed by atoms with van der Waals surface area (Å²) in [6.45, 7) is 5.15. The lowest BCUT2D eigenvalue weighted by molar-refractivity contribution is -0.163. The number of nitrogens with one attached hydrogen (secondary N) is 2. The van der Waals surface area contributed by atoms with Crippen molar-refractivity contribution in [1.29, 1.82) is 0 Å². The summed E-state index contributed by atoms with van der Waals surface area (Å²) >= 11 is 0. The monoisotopic (exact) mass is 569 g/mol. The van der Waals surface area contributed by atoms with Gasteiger partial charge in [-0.25, -0.2) is 23.2 Å². The zero-order valence-corrected chi connectivity index (χ0v) is 23.2. The van der Waals surface area contributed by atoms with Gasteiger partial charge in [-0.3, -0.25) is 9.59 Å². The minimum Gasteiger partial charge on any atom is -0.467 e. The number of halogens is 2. The van der Waals surface area contributed by atoms with Crippen molar-refractivity contribution in [3.05, 3.63) is 35.4 Å². The second kappa shape index (κ2) is 15.7. The third-order valence-corrected chi connectivity index (χ3v) is 6.41. The van der Waals surface area contributed by atoms with Crippen LogP contribution in [-0.2, 0) is 39.8 Å². The number of carbonyl (C=O) groups is 5. The summed E-state index contributed by atoms with van der Waals surface area (Å²) in [5.74, 6) is -4.66. The number of hydrogen-bond donors (Lipinski definition) is 2. The molecule has 1 aromatic carbocycles. The van der Waals surface area contributed by atoms with Gasteiger partial charge in [-0.1, -0.05) is 19.8 Å². The van der Waals surface area contributed by atoms with Crippen LogP contribution in [0.3, 0.4) is 0 Å². The van der Waals surface area contributed by atoms with E-state index in [1.54, 1.807) is 0 Å². The van der Waals surface area contributed by atoms with Gasteiger partial charge in [0.25, 0.3) is 0 Å². The first-order chi connectivity index (χ1) is 19.0. The van der Waals surface area contributed by atoms with Crippen molar-refractivity contribution < 1.29 is 47.0 Å². The van der Waals surface area contributed by atoms with Crippen LogP contribution in [0.25, 0.3) is 0 Å². The first kappa shape index (κ1) is 32.4. The number of unbranched alkanes of at least 4 members (excludes halogenated alkanes) is 2. The van der Waals surface area contributed by atoms with Gasteiger partial charge in [-0.05, 0) is 43.9 Å². The summed E-state index contributed by atoms with van der Waals surface area (Å²) in [5, 5.41) is 4.76. The number of carbonyl (C=O) groups excluding carboxylic acids is 5. The van der Waals surface area contributed by atoms with Gasteiger partial charge in [0.2, 0.25) is 11.8 Å². The van der Waals surface area contributed by atoms with Crippen LogP contribution in [0.5, 0.6) is 0 Å². The molecule has 0 radical (unpaired) electrons. The second-order valence-electron chi connectivity index (χ2n) is 9.54. The molecule has 0 saturated carbocycles. The highest BCUT2D eigenvalue weighted by atomic mass is 19.1. The van der Waals surface area contributed by atoms with Gasteiger partial charge in [0.15, 0.2) is 6.04 Å². The van der Waals surface area contributed by atoms with E-state index < -0.39 is 59.8 Å². The molecule has 2 rings (SSSR count). The van der Waals surface area contributed by atoms with Gasteiger partial charge in [0.1, 0.15) is 29.8 Å². The van der Waals surface area contributed by atoms with Crippen molar-refractivity contribution in [1.82, 2.24) is 15.5 Å². The maximum atomic E-state index is 13.8. The number of esters is 2. The summed E-state index contributed by atoms with van der Waals surface area (Å²) in [5.41, 5.74) is 0.0589. The largest absolute Gasteiger partial charge is 0.467 e. The summed E-state index contributed by atoms with van der Waals surface area (Å²) in [6.07, 6.45) is 0.797. The summed E-state index contributed by atoms with van der Waals surface area (Å²) < 4.78 is 42.9. The Morgan fingerprint density at radius 1 is 1.07 bits per heavy atom. The van der Waals surface area contributed by atoms with Crippen molar-refractivity contribution in [2.75, 3.05) is 20.3 Å². The van der Waals surface area contributed by atoms with E-state index in [0.29, 0.717) is 31.9 Å². The molecule has 40 heavy (non-hydrogen) atoms. The lowest BCUT2D eigenvalue weighted by Gasteiger charge is -2.28. The van der Waals surface area contributed by atoms with E-state index in [1.165, 1.54) is 18.7 Å². The van der Waals surface area contributed by atoms with Crippen molar-refractivity contribution in [3.8, 4) is 0 Å². The van der Waals surface area contributed by atoms with Crippen LogP contribution in [0.15, 0.2) is 18.2 Å². The Balaban J connectivity index is 2.19. The lowest BCUT2D eigenvalue weighted by atomic mass is 10.0. The van der Waals surface area contributed by atoms with Gasteiger partial charge in [0.05, 0.1) is 13.7 Å². The number of alkyl carbamates (subject to hydrolysis) is 1. The van der Waals surface area contributed by atoms with E-state index in [-0.39, 0.29) is 24.5 Å². The van der Waals surface area contributed by atoms with Gasteiger partial charge in [0, 0.05) is 26.0 Å². The number of rotatable bonds is 13. The predicted molar refractivity (Wildman–Crippen MR) is 138 cm³/mol. The molecule has 0 bridgehead atoms. The van der Waals surface area contributed by atoms with Crippen molar-refractivity contribution >= 4 is 29.8 Å². The minimum absolute atomic E-state index is 0.0589. The third-order valence-electron chi connectivity index (χ3n) is 6.41. The average Bonchev–Trinajstić information content (AvgIpc) is 3.39. The van der Waals surface area contributed by atoms with E-state index in [2.05, 4.69) is 10.6 Å². The van der Waals surface area contributed by atoms with Crippen LogP contribution in [0.1, 0.15) is 58.4 Å². The zero-order valence-electron chi connectivity index (χ0n) is 23.2. The Morgan fingerprint density at radius 2 is 1.75 bits per heavy atom. The molecule has 1 heterocycles. The number of amides is 3. The highest BCUT2D eigenvalue weighted by Gasteiger charge is 2.38. The van der Waals surface area contributed by atoms with E-state index in [0.717, 1.165) is 32.1 Å². The van der Waals surface area contributed by atoms with E-state index in [9.17, 15) is 32.8 Å². The maximum absolute atomic E-state index is 13.8. The molecule has 1 saturated heterocycles. The normalized spacial score (nSPS) is 16.9. The number of methoxy groups -OCH3 is 1. The maximum Gasteiger partial charge on any atom is 0.407 e. The molecule has 0 aliphatic carbocycles. The Kier molecular flexibility index (Phi) is 12.8. The van der Waals surface area contributed by atoms with Gasteiger partial charge in [-0.15, -0.1) is 0 Å². The van der Waals surface area contributed by atoms with E-state index in [4.69, 9.17) is 14.2 Å². The molecule has 1 aromatic rings. The quantitative estimate of drug-likeness (QED) is 0.210. The Labute approximate surface area is 231 Å². The van der Waals surface area contributed by atoms with Crippen molar-refractivity contribution in [2.45, 2.75) is 83.5 Å². The molecule has 2 N–H and O–H groups in total. The molecule has 0 spiro atoms.